The number of nitrogens with one attached hydrogen (secondary N) is 2. The molecule has 0 spiro atoms. The van der Waals surface area contributed by atoms with Crippen LogP contribution in [0.4, 0.5) is 0 Å². The van der Waals surface area contributed by atoms with Gasteiger partial charge in [0.1, 0.15) is 5.82 Å². The van der Waals surface area contributed by atoms with E-state index in [0.29, 0.717) is 0 Å². The number of aromatic nitrogens is 4. The summed E-state index contributed by atoms with van der Waals surface area (Å²) >= 11 is 0. The Labute approximate surface area is 121 Å². The van der Waals surface area contributed by atoms with Gasteiger partial charge in [0.05, 0.1) is 0 Å². The lowest BCUT2D eigenvalue weighted by molar-refractivity contribution is 0.973. The van der Waals surface area contributed by atoms with E-state index in [1.807, 2.05) is 36.5 Å². The molecule has 4 heteroatoms. The average molecular weight is 274 g/mol. The van der Waals surface area contributed by atoms with Crippen molar-refractivity contribution in [2.45, 2.75) is 6.42 Å². The second-order valence-corrected chi connectivity index (χ2v) is 5.02. The van der Waals surface area contributed by atoms with Crippen LogP contribution in [0.25, 0.3) is 22.3 Å². The third kappa shape index (κ3) is 2.21. The molecular formula is C17H14N4. The number of rotatable bonds is 3. The molecule has 4 nitrogen and oxygen atoms in total. The molecule has 0 saturated carbocycles. The highest BCUT2D eigenvalue weighted by Gasteiger charge is 2.11. The zero-order valence-electron chi connectivity index (χ0n) is 11.4. The van der Waals surface area contributed by atoms with Gasteiger partial charge < -0.3 is 4.98 Å². The first kappa shape index (κ1) is 11.9. The van der Waals surface area contributed by atoms with Crippen molar-refractivity contribution in [3.8, 4) is 11.4 Å². The number of benzene rings is 2. The first-order valence-electron chi connectivity index (χ1n) is 6.92. The summed E-state index contributed by atoms with van der Waals surface area (Å²) in [5, 5.41) is 8.52. The van der Waals surface area contributed by atoms with Crippen molar-refractivity contribution in [1.82, 2.24) is 20.2 Å². The van der Waals surface area contributed by atoms with Crippen LogP contribution in [-0.4, -0.2) is 20.2 Å². The fourth-order valence-corrected chi connectivity index (χ4v) is 2.54. The van der Waals surface area contributed by atoms with Gasteiger partial charge in [0.25, 0.3) is 0 Å². The molecule has 2 N–H and O–H groups in total. The predicted molar refractivity (Wildman–Crippen MR) is 82.9 cm³/mol. The molecule has 0 saturated heterocycles. The van der Waals surface area contributed by atoms with Crippen LogP contribution < -0.4 is 0 Å². The fourth-order valence-electron chi connectivity index (χ4n) is 2.54. The van der Waals surface area contributed by atoms with Crippen LogP contribution in [0.1, 0.15) is 11.4 Å². The van der Waals surface area contributed by atoms with E-state index in [9.17, 15) is 0 Å². The molecule has 0 atom stereocenters. The minimum absolute atomic E-state index is 0.735. The van der Waals surface area contributed by atoms with Gasteiger partial charge >= 0.3 is 0 Å². The van der Waals surface area contributed by atoms with Gasteiger partial charge in [-0.15, -0.1) is 0 Å². The van der Waals surface area contributed by atoms with Gasteiger partial charge in [0, 0.05) is 29.1 Å². The van der Waals surface area contributed by atoms with Gasteiger partial charge in [-0.05, 0) is 11.6 Å². The van der Waals surface area contributed by atoms with Crippen molar-refractivity contribution in [2.24, 2.45) is 0 Å². The molecule has 102 valence electrons. The van der Waals surface area contributed by atoms with Crippen molar-refractivity contribution in [2.75, 3.05) is 0 Å². The fraction of sp³-hybridized carbons (Fsp3) is 0.0588. The van der Waals surface area contributed by atoms with Gasteiger partial charge in [-0.3, -0.25) is 5.10 Å². The Kier molecular flexibility index (Phi) is 2.78. The molecule has 4 rings (SSSR count). The highest BCUT2D eigenvalue weighted by atomic mass is 15.2. The number of H-pyrrole nitrogens is 2. The van der Waals surface area contributed by atoms with E-state index < -0.39 is 0 Å². The Morgan fingerprint density at radius 1 is 0.905 bits per heavy atom. The van der Waals surface area contributed by atoms with Crippen LogP contribution in [0.3, 0.4) is 0 Å². The molecule has 4 aromatic rings. The van der Waals surface area contributed by atoms with E-state index in [0.717, 1.165) is 34.5 Å². The lowest BCUT2D eigenvalue weighted by Crippen LogP contribution is -1.90. The standard InChI is InChI=1S/C17H14N4/c1-2-6-12(7-3-1)10-16-19-17(21-20-16)14-11-18-15-9-5-4-8-13(14)15/h1-9,11,18H,10H2,(H,19,20,21). The number of hydrogen-bond donors (Lipinski definition) is 2. The zero-order valence-corrected chi connectivity index (χ0v) is 11.4. The molecule has 0 aliphatic carbocycles. The van der Waals surface area contributed by atoms with Crippen molar-refractivity contribution in [3.05, 3.63) is 72.2 Å². The molecule has 0 fully saturated rings. The van der Waals surface area contributed by atoms with E-state index in [-0.39, 0.29) is 0 Å². The van der Waals surface area contributed by atoms with Crippen molar-refractivity contribution in [3.63, 3.8) is 0 Å². The minimum Gasteiger partial charge on any atom is -0.360 e. The molecule has 21 heavy (non-hydrogen) atoms. The van der Waals surface area contributed by atoms with Crippen LogP contribution in [0.2, 0.25) is 0 Å². The van der Waals surface area contributed by atoms with Gasteiger partial charge in [-0.1, -0.05) is 48.5 Å². The monoisotopic (exact) mass is 274 g/mol. The Hall–Kier alpha value is -2.88. The summed E-state index contributed by atoms with van der Waals surface area (Å²) in [7, 11) is 0. The van der Waals surface area contributed by atoms with Gasteiger partial charge in [0.2, 0.25) is 0 Å². The average Bonchev–Trinajstić information content (AvgIpc) is 3.14. The molecule has 2 aromatic carbocycles. The Morgan fingerprint density at radius 3 is 2.62 bits per heavy atom. The summed E-state index contributed by atoms with van der Waals surface area (Å²) in [4.78, 5) is 7.86. The van der Waals surface area contributed by atoms with Crippen LogP contribution in [0.5, 0.6) is 0 Å². The van der Waals surface area contributed by atoms with Crippen LogP contribution in [0, 0.1) is 0 Å². The number of para-hydroxylation sites is 1. The molecule has 0 aliphatic rings. The Morgan fingerprint density at radius 2 is 1.71 bits per heavy atom. The normalized spacial score (nSPS) is 11.0. The molecule has 0 amide bonds. The van der Waals surface area contributed by atoms with Crippen molar-refractivity contribution < 1.29 is 0 Å². The smallest absolute Gasteiger partial charge is 0.183 e. The van der Waals surface area contributed by atoms with E-state index in [1.54, 1.807) is 0 Å². The number of hydrogen-bond acceptors (Lipinski definition) is 2. The van der Waals surface area contributed by atoms with Crippen molar-refractivity contribution >= 4 is 10.9 Å². The minimum atomic E-state index is 0.735. The Bertz CT molecular complexity index is 874. The summed E-state index contributed by atoms with van der Waals surface area (Å²) in [5.41, 5.74) is 3.35. The van der Waals surface area contributed by atoms with Gasteiger partial charge in [-0.2, -0.15) is 5.10 Å². The molecule has 0 aliphatic heterocycles. The third-order valence-electron chi connectivity index (χ3n) is 3.58. The first-order valence-corrected chi connectivity index (χ1v) is 6.92. The SMILES string of the molecule is c1ccc(Cc2nc(-c3c[nH]c4ccccc34)n[nH]2)cc1. The molecule has 0 unspecified atom stereocenters. The third-order valence-corrected chi connectivity index (χ3v) is 3.58. The highest BCUT2D eigenvalue weighted by Crippen LogP contribution is 2.25. The Balaban J connectivity index is 1.68. The van der Waals surface area contributed by atoms with Crippen molar-refractivity contribution in [1.29, 1.82) is 0 Å². The lowest BCUT2D eigenvalue weighted by Gasteiger charge is -1.95. The maximum atomic E-state index is 4.61. The largest absolute Gasteiger partial charge is 0.360 e. The second-order valence-electron chi connectivity index (χ2n) is 5.02. The number of nitrogens with zero attached hydrogens (tertiary/aromatic N) is 2. The lowest BCUT2D eigenvalue weighted by atomic mass is 10.1. The van der Waals surface area contributed by atoms with E-state index in [1.165, 1.54) is 5.56 Å². The number of fused-ring (bicyclic) bond motifs is 1. The van der Waals surface area contributed by atoms with Crippen LogP contribution in [-0.2, 0) is 6.42 Å². The highest BCUT2D eigenvalue weighted by molar-refractivity contribution is 5.93. The zero-order chi connectivity index (χ0) is 14.1. The summed E-state index contributed by atoms with van der Waals surface area (Å²) in [6.45, 7) is 0. The predicted octanol–water partition coefficient (Wildman–Crippen LogP) is 3.54. The second kappa shape index (κ2) is 4.90. The summed E-state index contributed by atoms with van der Waals surface area (Å²) < 4.78 is 0. The van der Waals surface area contributed by atoms with E-state index >= 15 is 0 Å². The van der Waals surface area contributed by atoms with Gasteiger partial charge in [0.15, 0.2) is 5.82 Å². The summed E-state index contributed by atoms with van der Waals surface area (Å²) in [6, 6.07) is 18.4. The van der Waals surface area contributed by atoms with E-state index in [2.05, 4.69) is 44.4 Å². The maximum absolute atomic E-state index is 4.61. The quantitative estimate of drug-likeness (QED) is 0.600. The molecule has 0 radical (unpaired) electrons. The summed E-state index contributed by atoms with van der Waals surface area (Å²) in [5.74, 6) is 1.61. The van der Waals surface area contributed by atoms with Gasteiger partial charge in [-0.25, -0.2) is 4.98 Å². The molecule has 0 bridgehead atoms. The number of aromatic amines is 2. The summed E-state index contributed by atoms with van der Waals surface area (Å²) in [6.07, 6.45) is 2.72. The molecular weight excluding hydrogens is 260 g/mol. The van der Waals surface area contributed by atoms with E-state index in [4.69, 9.17) is 0 Å². The molecule has 2 aromatic heterocycles. The maximum Gasteiger partial charge on any atom is 0.183 e. The topological polar surface area (TPSA) is 57.4 Å². The van der Waals surface area contributed by atoms with Crippen LogP contribution in [0.15, 0.2) is 60.8 Å². The van der Waals surface area contributed by atoms with Crippen LogP contribution >= 0.6 is 0 Å². The first-order chi connectivity index (χ1) is 10.4. The molecule has 2 heterocycles.